The number of ether oxygens (including phenoxy) is 1. The van der Waals surface area contributed by atoms with E-state index in [2.05, 4.69) is 24.3 Å². The van der Waals surface area contributed by atoms with E-state index in [-0.39, 0.29) is 0 Å². The second kappa shape index (κ2) is 3.21. The molecule has 0 unspecified atom stereocenters. The van der Waals surface area contributed by atoms with Gasteiger partial charge in [-0.1, -0.05) is 30.4 Å². The molecule has 14 heavy (non-hydrogen) atoms. The van der Waals surface area contributed by atoms with Gasteiger partial charge in [0.15, 0.2) is 0 Å². The van der Waals surface area contributed by atoms with Gasteiger partial charge in [0.1, 0.15) is 12.4 Å². The molecule has 0 N–H and O–H groups in total. The SMILES string of the molecule is C1=CC2=C(COc3ccccc32)SC1. The Kier molecular flexibility index (Phi) is 1.88. The van der Waals surface area contributed by atoms with Crippen LogP contribution in [0, 0.1) is 0 Å². The molecular weight excluding hydrogens is 192 g/mol. The van der Waals surface area contributed by atoms with Gasteiger partial charge in [0.25, 0.3) is 0 Å². The summed E-state index contributed by atoms with van der Waals surface area (Å²) in [6, 6.07) is 8.24. The molecule has 0 spiro atoms. The van der Waals surface area contributed by atoms with Crippen molar-refractivity contribution < 1.29 is 4.74 Å². The summed E-state index contributed by atoms with van der Waals surface area (Å²) in [7, 11) is 0. The van der Waals surface area contributed by atoms with Crippen molar-refractivity contribution in [2.24, 2.45) is 0 Å². The van der Waals surface area contributed by atoms with Crippen LogP contribution in [0.3, 0.4) is 0 Å². The molecule has 0 aliphatic carbocycles. The van der Waals surface area contributed by atoms with E-state index in [0.29, 0.717) is 0 Å². The minimum absolute atomic E-state index is 0.737. The first-order valence-electron chi connectivity index (χ1n) is 4.70. The molecule has 2 heterocycles. The van der Waals surface area contributed by atoms with Crippen molar-refractivity contribution in [3.05, 3.63) is 46.9 Å². The van der Waals surface area contributed by atoms with Crippen molar-refractivity contribution in [3.8, 4) is 5.75 Å². The van der Waals surface area contributed by atoms with E-state index in [4.69, 9.17) is 4.74 Å². The van der Waals surface area contributed by atoms with E-state index < -0.39 is 0 Å². The smallest absolute Gasteiger partial charge is 0.127 e. The first-order valence-corrected chi connectivity index (χ1v) is 5.68. The molecule has 0 bridgehead atoms. The predicted octanol–water partition coefficient (Wildman–Crippen LogP) is 3.09. The molecule has 2 heteroatoms. The van der Waals surface area contributed by atoms with Crippen LogP contribution in [0.5, 0.6) is 5.75 Å². The van der Waals surface area contributed by atoms with Crippen LogP contribution >= 0.6 is 11.8 Å². The van der Waals surface area contributed by atoms with E-state index in [1.54, 1.807) is 0 Å². The number of hydrogen-bond donors (Lipinski definition) is 0. The standard InChI is InChI=1S/C12H10OS/c1-2-6-11-9(4-1)10-5-3-7-14-12(10)8-13-11/h1-6H,7-8H2. The zero-order chi connectivity index (χ0) is 9.38. The topological polar surface area (TPSA) is 9.23 Å². The zero-order valence-corrected chi connectivity index (χ0v) is 8.51. The summed E-state index contributed by atoms with van der Waals surface area (Å²) in [6.07, 6.45) is 4.43. The fraction of sp³-hybridized carbons (Fsp3) is 0.167. The van der Waals surface area contributed by atoms with Gasteiger partial charge in [0.2, 0.25) is 0 Å². The highest BCUT2D eigenvalue weighted by molar-refractivity contribution is 8.03. The summed E-state index contributed by atoms with van der Waals surface area (Å²) >= 11 is 1.88. The van der Waals surface area contributed by atoms with Crippen LogP contribution in [-0.2, 0) is 0 Å². The van der Waals surface area contributed by atoms with Crippen LogP contribution < -0.4 is 4.74 Å². The summed E-state index contributed by atoms with van der Waals surface area (Å²) in [6.45, 7) is 0.737. The lowest BCUT2D eigenvalue weighted by atomic mass is 10.0. The number of fused-ring (bicyclic) bond motifs is 2. The fourth-order valence-electron chi connectivity index (χ4n) is 1.80. The molecule has 1 aromatic rings. The summed E-state index contributed by atoms with van der Waals surface area (Å²) < 4.78 is 5.68. The first kappa shape index (κ1) is 8.18. The third-order valence-corrected chi connectivity index (χ3v) is 3.52. The summed E-state index contributed by atoms with van der Waals surface area (Å²) in [4.78, 5) is 1.37. The average Bonchev–Trinajstić information content (AvgIpc) is 2.29. The maximum absolute atomic E-state index is 5.68. The van der Waals surface area contributed by atoms with Crippen molar-refractivity contribution in [2.75, 3.05) is 12.4 Å². The van der Waals surface area contributed by atoms with Crippen LogP contribution in [0.25, 0.3) is 5.57 Å². The number of hydrogen-bond acceptors (Lipinski definition) is 2. The van der Waals surface area contributed by atoms with Crippen molar-refractivity contribution in [1.29, 1.82) is 0 Å². The molecule has 0 amide bonds. The van der Waals surface area contributed by atoms with Gasteiger partial charge in [-0.05, 0) is 11.6 Å². The van der Waals surface area contributed by atoms with E-state index >= 15 is 0 Å². The Bertz CT molecular complexity index is 432. The Hall–Kier alpha value is -1.15. The Morgan fingerprint density at radius 2 is 2.14 bits per heavy atom. The average molecular weight is 202 g/mol. The maximum Gasteiger partial charge on any atom is 0.127 e. The Morgan fingerprint density at radius 3 is 3.14 bits per heavy atom. The van der Waals surface area contributed by atoms with Crippen molar-refractivity contribution in [3.63, 3.8) is 0 Å². The summed E-state index contributed by atoms with van der Waals surface area (Å²) in [5.74, 6) is 2.09. The molecular formula is C12H10OS. The Labute approximate surface area is 87.5 Å². The van der Waals surface area contributed by atoms with Gasteiger partial charge >= 0.3 is 0 Å². The number of rotatable bonds is 0. The van der Waals surface area contributed by atoms with E-state index in [9.17, 15) is 0 Å². The molecule has 3 rings (SSSR count). The van der Waals surface area contributed by atoms with Gasteiger partial charge in [-0.3, -0.25) is 0 Å². The zero-order valence-electron chi connectivity index (χ0n) is 7.69. The molecule has 0 fully saturated rings. The van der Waals surface area contributed by atoms with Gasteiger partial charge in [0.05, 0.1) is 0 Å². The molecule has 2 aliphatic rings. The molecule has 1 nitrogen and oxygen atoms in total. The number of benzene rings is 1. The predicted molar refractivity (Wildman–Crippen MR) is 60.5 cm³/mol. The minimum atomic E-state index is 0.737. The second-order valence-corrected chi connectivity index (χ2v) is 4.45. The van der Waals surface area contributed by atoms with E-state index in [1.165, 1.54) is 16.0 Å². The summed E-state index contributed by atoms with van der Waals surface area (Å²) in [5.41, 5.74) is 2.58. The molecule has 0 aromatic heterocycles. The van der Waals surface area contributed by atoms with Gasteiger partial charge in [0, 0.05) is 16.2 Å². The minimum Gasteiger partial charge on any atom is -0.488 e. The molecule has 0 radical (unpaired) electrons. The number of para-hydroxylation sites is 1. The number of allylic oxidation sites excluding steroid dienone is 2. The second-order valence-electron chi connectivity index (χ2n) is 3.34. The molecule has 2 aliphatic heterocycles. The lowest BCUT2D eigenvalue weighted by Crippen LogP contribution is -2.10. The monoisotopic (exact) mass is 202 g/mol. The highest BCUT2D eigenvalue weighted by Crippen LogP contribution is 2.39. The van der Waals surface area contributed by atoms with Crippen molar-refractivity contribution in [2.45, 2.75) is 0 Å². The van der Waals surface area contributed by atoms with Crippen LogP contribution in [0.1, 0.15) is 5.56 Å². The van der Waals surface area contributed by atoms with Gasteiger partial charge in [-0.25, -0.2) is 0 Å². The van der Waals surface area contributed by atoms with Gasteiger partial charge in [-0.2, -0.15) is 0 Å². The lowest BCUT2D eigenvalue weighted by molar-refractivity contribution is 0.354. The summed E-state index contributed by atoms with van der Waals surface area (Å²) in [5, 5.41) is 0. The largest absolute Gasteiger partial charge is 0.488 e. The molecule has 1 aromatic carbocycles. The Balaban J connectivity index is 2.19. The Morgan fingerprint density at radius 1 is 1.21 bits per heavy atom. The van der Waals surface area contributed by atoms with E-state index in [0.717, 1.165) is 18.1 Å². The van der Waals surface area contributed by atoms with Crippen LogP contribution in [0.2, 0.25) is 0 Å². The van der Waals surface area contributed by atoms with Crippen LogP contribution in [-0.4, -0.2) is 12.4 Å². The first-order chi connectivity index (χ1) is 6.95. The van der Waals surface area contributed by atoms with Crippen LogP contribution in [0.4, 0.5) is 0 Å². The molecule has 70 valence electrons. The fourth-order valence-corrected chi connectivity index (χ4v) is 2.67. The lowest BCUT2D eigenvalue weighted by Gasteiger charge is -2.23. The van der Waals surface area contributed by atoms with Crippen LogP contribution in [0.15, 0.2) is 41.3 Å². The van der Waals surface area contributed by atoms with E-state index in [1.807, 2.05) is 23.9 Å². The van der Waals surface area contributed by atoms with Gasteiger partial charge in [-0.15, -0.1) is 11.8 Å². The quantitative estimate of drug-likeness (QED) is 0.639. The highest BCUT2D eigenvalue weighted by Gasteiger charge is 2.19. The van der Waals surface area contributed by atoms with Crippen molar-refractivity contribution in [1.82, 2.24) is 0 Å². The third kappa shape index (κ3) is 1.18. The molecule has 0 atom stereocenters. The van der Waals surface area contributed by atoms with Crippen molar-refractivity contribution >= 4 is 17.3 Å². The maximum atomic E-state index is 5.68. The molecule has 0 saturated heterocycles. The normalized spacial score (nSPS) is 18.6. The molecule has 0 saturated carbocycles. The third-order valence-electron chi connectivity index (χ3n) is 2.47. The highest BCUT2D eigenvalue weighted by atomic mass is 32.2. The number of thioether (sulfide) groups is 1. The van der Waals surface area contributed by atoms with Gasteiger partial charge < -0.3 is 4.74 Å².